The SMILES string of the molecule is O=C(CCc1nc(-c2ccccc2)no1)OCc1nc(-c2cccc(Br)c2)no1. The molecule has 9 heteroatoms. The molecular weight excluding hydrogens is 440 g/mol. The van der Waals surface area contributed by atoms with Gasteiger partial charge in [-0.25, -0.2) is 0 Å². The fourth-order valence-electron chi connectivity index (χ4n) is 2.54. The third-order valence-corrected chi connectivity index (χ3v) is 4.44. The number of benzene rings is 2. The number of esters is 1. The van der Waals surface area contributed by atoms with Crippen LogP contribution in [0.1, 0.15) is 18.2 Å². The highest BCUT2D eigenvalue weighted by atomic mass is 79.9. The third kappa shape index (κ3) is 4.94. The summed E-state index contributed by atoms with van der Waals surface area (Å²) in [5.74, 6) is 1.08. The lowest BCUT2D eigenvalue weighted by atomic mass is 10.2. The van der Waals surface area contributed by atoms with Crippen LogP contribution in [0.4, 0.5) is 0 Å². The fourth-order valence-corrected chi connectivity index (χ4v) is 2.94. The number of hydrogen-bond donors (Lipinski definition) is 0. The first-order valence-corrected chi connectivity index (χ1v) is 9.59. The predicted octanol–water partition coefficient (Wildman–Crippen LogP) is 4.23. The standard InChI is InChI=1S/C20H15BrN4O4/c21-15-8-4-7-14(11-15)20-23-17(29-25-20)12-27-18(26)10-9-16-22-19(24-28-16)13-5-2-1-3-6-13/h1-8,11H,9-10,12H2. The van der Waals surface area contributed by atoms with Crippen molar-refractivity contribution in [3.05, 3.63) is 70.9 Å². The van der Waals surface area contributed by atoms with Crippen molar-refractivity contribution in [1.82, 2.24) is 20.3 Å². The van der Waals surface area contributed by atoms with Gasteiger partial charge < -0.3 is 13.8 Å². The Bertz CT molecular complexity index is 1110. The molecule has 146 valence electrons. The van der Waals surface area contributed by atoms with Crippen molar-refractivity contribution < 1.29 is 18.6 Å². The Morgan fingerprint density at radius 3 is 2.38 bits per heavy atom. The molecule has 0 spiro atoms. The summed E-state index contributed by atoms with van der Waals surface area (Å²) in [4.78, 5) is 20.5. The molecule has 2 aromatic heterocycles. The zero-order chi connectivity index (χ0) is 20.1. The van der Waals surface area contributed by atoms with Crippen LogP contribution in [-0.2, 0) is 22.6 Å². The molecule has 0 saturated carbocycles. The molecule has 2 aromatic carbocycles. The van der Waals surface area contributed by atoms with Crippen molar-refractivity contribution in [2.45, 2.75) is 19.4 Å². The first kappa shape index (κ1) is 19.0. The molecule has 0 radical (unpaired) electrons. The zero-order valence-corrected chi connectivity index (χ0v) is 16.7. The summed E-state index contributed by atoms with van der Waals surface area (Å²) in [6.45, 7) is -0.0983. The smallest absolute Gasteiger partial charge is 0.306 e. The summed E-state index contributed by atoms with van der Waals surface area (Å²) in [6.07, 6.45) is 0.384. The second kappa shape index (κ2) is 8.78. The van der Waals surface area contributed by atoms with Crippen LogP contribution >= 0.6 is 15.9 Å². The first-order valence-electron chi connectivity index (χ1n) is 8.79. The van der Waals surface area contributed by atoms with E-state index >= 15 is 0 Å². The Kier molecular flexibility index (Phi) is 5.76. The number of halogens is 1. The first-order chi connectivity index (χ1) is 14.2. The van der Waals surface area contributed by atoms with Crippen molar-refractivity contribution in [3.8, 4) is 22.8 Å². The lowest BCUT2D eigenvalue weighted by Gasteiger charge is -1.99. The number of carbonyl (C=O) groups excluding carboxylic acids is 1. The number of rotatable bonds is 7. The van der Waals surface area contributed by atoms with Gasteiger partial charge in [-0.05, 0) is 12.1 Å². The molecule has 4 rings (SSSR count). The van der Waals surface area contributed by atoms with Crippen molar-refractivity contribution >= 4 is 21.9 Å². The van der Waals surface area contributed by atoms with E-state index < -0.39 is 5.97 Å². The highest BCUT2D eigenvalue weighted by molar-refractivity contribution is 9.10. The fraction of sp³-hybridized carbons (Fsp3) is 0.150. The number of hydrogen-bond acceptors (Lipinski definition) is 8. The molecule has 0 aliphatic carbocycles. The number of aromatic nitrogens is 4. The predicted molar refractivity (Wildman–Crippen MR) is 105 cm³/mol. The van der Waals surface area contributed by atoms with Crippen molar-refractivity contribution in [1.29, 1.82) is 0 Å². The molecular formula is C20H15BrN4O4. The van der Waals surface area contributed by atoms with Gasteiger partial charge >= 0.3 is 5.97 Å². The van der Waals surface area contributed by atoms with E-state index in [1.807, 2.05) is 54.6 Å². The van der Waals surface area contributed by atoms with Gasteiger partial charge in [0.05, 0.1) is 6.42 Å². The van der Waals surface area contributed by atoms with Gasteiger partial charge in [-0.15, -0.1) is 0 Å². The molecule has 0 amide bonds. The number of ether oxygens (including phenoxy) is 1. The van der Waals surface area contributed by atoms with Crippen LogP contribution in [0.5, 0.6) is 0 Å². The molecule has 0 aliphatic rings. The van der Waals surface area contributed by atoms with E-state index in [0.29, 0.717) is 17.5 Å². The molecule has 0 aliphatic heterocycles. The minimum atomic E-state index is -0.424. The maximum atomic E-state index is 12.0. The Labute approximate surface area is 174 Å². The summed E-state index contributed by atoms with van der Waals surface area (Å²) in [7, 11) is 0. The second-order valence-corrected chi connectivity index (χ2v) is 6.98. The Hall–Kier alpha value is -3.33. The summed E-state index contributed by atoms with van der Waals surface area (Å²) in [5.41, 5.74) is 1.65. The molecule has 0 fully saturated rings. The zero-order valence-electron chi connectivity index (χ0n) is 15.1. The van der Waals surface area contributed by atoms with Gasteiger partial charge in [-0.2, -0.15) is 9.97 Å². The summed E-state index contributed by atoms with van der Waals surface area (Å²) in [5, 5.41) is 7.82. The average molecular weight is 455 g/mol. The number of carbonyl (C=O) groups is 1. The molecule has 0 unspecified atom stereocenters. The minimum Gasteiger partial charge on any atom is -0.456 e. The van der Waals surface area contributed by atoms with Crippen molar-refractivity contribution in [2.24, 2.45) is 0 Å². The van der Waals surface area contributed by atoms with Crippen LogP contribution in [-0.4, -0.2) is 26.3 Å². The quantitative estimate of drug-likeness (QED) is 0.382. The van der Waals surface area contributed by atoms with E-state index in [-0.39, 0.29) is 25.3 Å². The van der Waals surface area contributed by atoms with Crippen LogP contribution < -0.4 is 0 Å². The van der Waals surface area contributed by atoms with E-state index in [1.165, 1.54) is 0 Å². The third-order valence-electron chi connectivity index (χ3n) is 3.95. The highest BCUT2D eigenvalue weighted by Crippen LogP contribution is 2.20. The maximum Gasteiger partial charge on any atom is 0.306 e. The molecule has 2 heterocycles. The minimum absolute atomic E-state index is 0.0983. The van der Waals surface area contributed by atoms with Crippen LogP contribution in [0.25, 0.3) is 22.8 Å². The van der Waals surface area contributed by atoms with Gasteiger partial charge in [0, 0.05) is 22.0 Å². The van der Waals surface area contributed by atoms with E-state index in [2.05, 4.69) is 36.2 Å². The Morgan fingerprint density at radius 1 is 0.897 bits per heavy atom. The second-order valence-electron chi connectivity index (χ2n) is 6.06. The van der Waals surface area contributed by atoms with Crippen LogP contribution in [0, 0.1) is 0 Å². The molecule has 8 nitrogen and oxygen atoms in total. The van der Waals surface area contributed by atoms with E-state index in [4.69, 9.17) is 13.8 Å². The van der Waals surface area contributed by atoms with Crippen LogP contribution in [0.3, 0.4) is 0 Å². The van der Waals surface area contributed by atoms with Crippen LogP contribution in [0.2, 0.25) is 0 Å². The summed E-state index contributed by atoms with van der Waals surface area (Å²) < 4.78 is 16.4. The lowest BCUT2D eigenvalue weighted by Crippen LogP contribution is -2.06. The van der Waals surface area contributed by atoms with Crippen molar-refractivity contribution in [3.63, 3.8) is 0 Å². The van der Waals surface area contributed by atoms with Gasteiger partial charge in [0.1, 0.15) is 0 Å². The van der Waals surface area contributed by atoms with Crippen LogP contribution in [0.15, 0.2) is 68.1 Å². The average Bonchev–Trinajstić information content (AvgIpc) is 3.41. The van der Waals surface area contributed by atoms with E-state index in [0.717, 1.165) is 15.6 Å². The summed E-state index contributed by atoms with van der Waals surface area (Å²) in [6, 6.07) is 17.0. The van der Waals surface area contributed by atoms with Gasteiger partial charge in [-0.1, -0.05) is 68.7 Å². The molecule has 29 heavy (non-hydrogen) atoms. The molecule has 4 aromatic rings. The molecule has 0 bridgehead atoms. The van der Waals surface area contributed by atoms with E-state index in [1.54, 1.807) is 0 Å². The van der Waals surface area contributed by atoms with Gasteiger partial charge in [0.15, 0.2) is 6.61 Å². The Morgan fingerprint density at radius 2 is 1.59 bits per heavy atom. The highest BCUT2D eigenvalue weighted by Gasteiger charge is 2.14. The Balaban J connectivity index is 1.27. The maximum absolute atomic E-state index is 12.0. The lowest BCUT2D eigenvalue weighted by molar-refractivity contribution is -0.145. The normalized spacial score (nSPS) is 10.8. The molecule has 0 atom stereocenters. The van der Waals surface area contributed by atoms with Gasteiger partial charge in [-0.3, -0.25) is 4.79 Å². The van der Waals surface area contributed by atoms with E-state index in [9.17, 15) is 4.79 Å². The summed E-state index contributed by atoms with van der Waals surface area (Å²) >= 11 is 3.39. The van der Waals surface area contributed by atoms with Crippen molar-refractivity contribution in [2.75, 3.05) is 0 Å². The molecule has 0 N–H and O–H groups in total. The number of nitrogens with zero attached hydrogens (tertiary/aromatic N) is 4. The largest absolute Gasteiger partial charge is 0.456 e. The number of aryl methyl sites for hydroxylation is 1. The van der Waals surface area contributed by atoms with Gasteiger partial charge in [0.2, 0.25) is 17.5 Å². The van der Waals surface area contributed by atoms with Gasteiger partial charge in [0.25, 0.3) is 5.89 Å². The topological polar surface area (TPSA) is 104 Å². The molecule has 0 saturated heterocycles. The monoisotopic (exact) mass is 454 g/mol.